The summed E-state index contributed by atoms with van der Waals surface area (Å²) < 4.78 is 37.9. The van der Waals surface area contributed by atoms with Gasteiger partial charge in [-0.2, -0.15) is 4.58 Å². The summed E-state index contributed by atoms with van der Waals surface area (Å²) in [4.78, 5) is 74.0. The van der Waals surface area contributed by atoms with Crippen molar-refractivity contribution in [3.8, 4) is 39.5 Å². The van der Waals surface area contributed by atoms with Gasteiger partial charge in [-0.1, -0.05) is 45.9 Å². The molecule has 7 aromatic rings. The zero-order valence-electron chi connectivity index (χ0n) is 38.8. The van der Waals surface area contributed by atoms with E-state index in [1.165, 1.54) is 36.5 Å². The second kappa shape index (κ2) is 18.3. The van der Waals surface area contributed by atoms with Crippen molar-refractivity contribution >= 4 is 62.2 Å². The number of likely N-dealkylation sites (N-methyl/N-ethyl adjacent to an activating group) is 1. The van der Waals surface area contributed by atoms with Crippen molar-refractivity contribution in [2.24, 2.45) is 11.8 Å². The fraction of sp³-hybridized carbons (Fsp3) is 0.347. The largest absolute Gasteiger partial charge is 0.462 e. The Morgan fingerprint density at radius 3 is 2.32 bits per heavy atom. The molecule has 0 saturated carbocycles. The van der Waals surface area contributed by atoms with Crippen molar-refractivity contribution < 1.29 is 42.4 Å². The average Bonchev–Trinajstić information content (AvgIpc) is 4.19. The molecule has 0 bridgehead atoms. The molecule has 4 unspecified atom stereocenters. The maximum atomic E-state index is 16.9. The molecule has 0 aliphatic carbocycles. The van der Waals surface area contributed by atoms with Gasteiger partial charge in [-0.25, -0.2) is 33.7 Å². The number of benzene rings is 3. The summed E-state index contributed by atoms with van der Waals surface area (Å²) in [7, 11) is 4.15. The first-order valence-electron chi connectivity index (χ1n) is 22.4. The highest BCUT2D eigenvalue weighted by molar-refractivity contribution is 7.18. The zero-order chi connectivity index (χ0) is 48.1. The number of hydrogen-bond acceptors (Lipinski definition) is 11. The Labute approximate surface area is 394 Å². The molecule has 3 aromatic carbocycles. The molecule has 19 heteroatoms. The standard InChI is InChI=1S/C49H51FN10O7S/c1-24(2)40(56-48(63)65-7)45(61)58(6)26(5)42-51-23-33(53-42)28-19-30(50)39-36-20-29-18-27(15-16-34(29)60(36)47(67-37(39)21-28)44-55-31-12-9-10-14-38(31)68-44)32-22-52-43(54-32)35-13-11-17-59(35)46(62)41(25(3)4)57-49(64)66-8/h9-10,12,14-16,18-26,40-41,47H,11,13,17H2,1-8H3,(H3,51,53,56,57,63,64)/p+1. The summed E-state index contributed by atoms with van der Waals surface area (Å²) >= 11 is 1.50. The number of methoxy groups -OCH3 is 2. The smallest absolute Gasteiger partial charge is 0.410 e. The van der Waals surface area contributed by atoms with Crippen LogP contribution in [0.2, 0.25) is 0 Å². The Kier molecular flexibility index (Phi) is 12.3. The first-order chi connectivity index (χ1) is 32.6. The van der Waals surface area contributed by atoms with Crippen LogP contribution < -0.4 is 15.4 Å². The molecule has 4 amide bonds. The van der Waals surface area contributed by atoms with Gasteiger partial charge in [0.25, 0.3) is 0 Å². The van der Waals surface area contributed by atoms with Gasteiger partial charge in [0.2, 0.25) is 17.8 Å². The number of aromatic amines is 2. The van der Waals surface area contributed by atoms with Crippen molar-refractivity contribution in [1.29, 1.82) is 0 Å². The lowest BCUT2D eigenvalue weighted by Crippen LogP contribution is -2.50. The van der Waals surface area contributed by atoms with E-state index in [1.807, 2.05) is 87.7 Å². The monoisotopic (exact) mass is 943 g/mol. The number of hydrogen-bond donors (Lipinski definition) is 4. The van der Waals surface area contributed by atoms with E-state index in [0.717, 1.165) is 44.5 Å². The van der Waals surface area contributed by atoms with Gasteiger partial charge in [0.05, 0.1) is 71.0 Å². The number of aromatic nitrogens is 6. The maximum absolute atomic E-state index is 16.9. The van der Waals surface area contributed by atoms with E-state index in [-0.39, 0.29) is 29.2 Å². The topological polar surface area (TPSA) is 201 Å². The maximum Gasteiger partial charge on any atom is 0.410 e. The number of carbonyl (C=O) groups is 4. The van der Waals surface area contributed by atoms with Crippen LogP contribution in [0.15, 0.2) is 73.1 Å². The van der Waals surface area contributed by atoms with Gasteiger partial charge in [-0.05, 0) is 61.2 Å². The molecule has 6 heterocycles. The van der Waals surface area contributed by atoms with Crippen molar-refractivity contribution in [2.45, 2.75) is 71.8 Å². The SMILES string of the molecule is COC(=O)NC(C(=O)N(C)C(C)c1ncc(-c2cc(F)c3c(c2)OC(c2nc4ccccc4s2)n2c-3cc3cc(-c4cnc(C5=[N+](C(=O)C(NC(=O)OC)C(C)C)CCC5)[nH]4)ccc32)[nH]1)C(C)C. The third-order valence-electron chi connectivity index (χ3n) is 12.7. The number of thiazole rings is 1. The van der Waals surface area contributed by atoms with Gasteiger partial charge < -0.3 is 39.7 Å². The number of imidazole rings is 2. The van der Waals surface area contributed by atoms with Crippen molar-refractivity contribution in [1.82, 2.24) is 45.0 Å². The number of ether oxygens (including phenoxy) is 3. The molecule has 2 aliphatic rings. The van der Waals surface area contributed by atoms with Gasteiger partial charge in [0, 0.05) is 36.4 Å². The molecule has 0 saturated heterocycles. The minimum atomic E-state index is -0.825. The molecule has 0 fully saturated rings. The van der Waals surface area contributed by atoms with Crippen LogP contribution in [0.25, 0.3) is 54.9 Å². The number of alkyl carbamates (subject to hydrolysis) is 2. The van der Waals surface area contributed by atoms with Crippen LogP contribution in [-0.4, -0.2) is 109 Å². The van der Waals surface area contributed by atoms with Crippen molar-refractivity contribution in [3.63, 3.8) is 0 Å². The van der Waals surface area contributed by atoms with Gasteiger partial charge >= 0.3 is 18.1 Å². The molecule has 4 atom stereocenters. The predicted octanol–water partition coefficient (Wildman–Crippen LogP) is 8.18. The number of amides is 4. The molecular weight excluding hydrogens is 892 g/mol. The summed E-state index contributed by atoms with van der Waals surface area (Å²) in [6, 6.07) is 16.9. The second-order valence-electron chi connectivity index (χ2n) is 17.7. The van der Waals surface area contributed by atoms with Crippen LogP contribution in [0.1, 0.15) is 76.4 Å². The van der Waals surface area contributed by atoms with Crippen LogP contribution >= 0.6 is 11.3 Å². The van der Waals surface area contributed by atoms with Crippen molar-refractivity contribution in [3.05, 3.63) is 95.5 Å². The molecule has 9 rings (SSSR count). The van der Waals surface area contributed by atoms with E-state index >= 15 is 4.39 Å². The number of fused-ring (bicyclic) bond motifs is 6. The highest BCUT2D eigenvalue weighted by atomic mass is 32.1. The number of nitrogens with zero attached hydrogens (tertiary/aromatic N) is 6. The van der Waals surface area contributed by atoms with Crippen LogP contribution in [0.5, 0.6) is 5.75 Å². The first-order valence-corrected chi connectivity index (χ1v) is 23.2. The van der Waals surface area contributed by atoms with E-state index < -0.39 is 42.4 Å². The highest BCUT2D eigenvalue weighted by Crippen LogP contribution is 2.48. The average molecular weight is 944 g/mol. The van der Waals surface area contributed by atoms with Crippen LogP contribution in [0.4, 0.5) is 14.0 Å². The van der Waals surface area contributed by atoms with E-state index in [2.05, 4.69) is 25.6 Å². The van der Waals surface area contributed by atoms with E-state index in [0.29, 0.717) is 52.3 Å². The number of H-pyrrole nitrogens is 2. The number of nitrogens with one attached hydrogen (secondary N) is 4. The minimum Gasteiger partial charge on any atom is -0.462 e. The molecular formula is C49H52FN10O7S+. The molecule has 0 spiro atoms. The molecule has 17 nitrogen and oxygen atoms in total. The predicted molar refractivity (Wildman–Crippen MR) is 254 cm³/mol. The quantitative estimate of drug-likeness (QED) is 0.0866. The van der Waals surface area contributed by atoms with Crippen LogP contribution in [0, 0.1) is 17.7 Å². The Morgan fingerprint density at radius 2 is 1.60 bits per heavy atom. The van der Waals surface area contributed by atoms with Crippen molar-refractivity contribution in [2.75, 3.05) is 27.8 Å². The third-order valence-corrected chi connectivity index (χ3v) is 13.8. The summed E-state index contributed by atoms with van der Waals surface area (Å²) in [6.45, 7) is 9.71. The molecule has 352 valence electrons. The Morgan fingerprint density at radius 1 is 0.897 bits per heavy atom. The molecule has 4 N–H and O–H groups in total. The molecule has 0 radical (unpaired) electrons. The van der Waals surface area contributed by atoms with Crippen LogP contribution in [-0.2, 0) is 19.1 Å². The zero-order valence-corrected chi connectivity index (χ0v) is 39.7. The lowest BCUT2D eigenvalue weighted by Gasteiger charge is -2.30. The molecule has 68 heavy (non-hydrogen) atoms. The Balaban J connectivity index is 1.06. The third kappa shape index (κ3) is 8.35. The molecule has 4 aromatic heterocycles. The number of carbonyl (C=O) groups excluding carboxylic acids is 4. The Bertz CT molecular complexity index is 3120. The summed E-state index contributed by atoms with van der Waals surface area (Å²) in [5, 5.41) is 6.82. The number of para-hydroxylation sites is 1. The first kappa shape index (κ1) is 45.7. The minimum absolute atomic E-state index is 0.174. The summed E-state index contributed by atoms with van der Waals surface area (Å²) in [6.07, 6.45) is 2.58. The lowest BCUT2D eigenvalue weighted by atomic mass is 10.0. The fourth-order valence-corrected chi connectivity index (χ4v) is 9.88. The normalized spacial score (nSPS) is 15.8. The van der Waals surface area contributed by atoms with Crippen LogP contribution in [0.3, 0.4) is 0 Å². The summed E-state index contributed by atoms with van der Waals surface area (Å²) in [5.74, 6) is -0.110. The second-order valence-corrected chi connectivity index (χ2v) is 18.8. The number of rotatable bonds is 12. The van der Waals surface area contributed by atoms with Gasteiger partial charge in [0.1, 0.15) is 23.4 Å². The van der Waals surface area contributed by atoms with E-state index in [4.69, 9.17) is 24.2 Å². The van der Waals surface area contributed by atoms with E-state index in [1.54, 1.807) is 30.1 Å². The Hall–Kier alpha value is -7.41. The van der Waals surface area contributed by atoms with Gasteiger partial charge in [-0.15, -0.1) is 11.3 Å². The highest BCUT2D eigenvalue weighted by Gasteiger charge is 2.40. The van der Waals surface area contributed by atoms with Gasteiger partial charge in [-0.3, -0.25) is 9.36 Å². The fourth-order valence-electron chi connectivity index (χ4n) is 8.89. The number of halogens is 1. The summed E-state index contributed by atoms with van der Waals surface area (Å²) in [5.41, 5.74) is 5.80. The van der Waals surface area contributed by atoms with Gasteiger partial charge in [0.15, 0.2) is 23.4 Å². The van der Waals surface area contributed by atoms with E-state index in [9.17, 15) is 19.2 Å². The molecule has 2 aliphatic heterocycles. The lowest BCUT2D eigenvalue weighted by molar-refractivity contribution is -0.443.